The first kappa shape index (κ1) is 12.0. The van der Waals surface area contributed by atoms with Crippen LogP contribution >= 0.6 is 0 Å². The summed E-state index contributed by atoms with van der Waals surface area (Å²) in [5.41, 5.74) is -0.0420. The van der Waals surface area contributed by atoms with E-state index in [1.807, 2.05) is 0 Å². The maximum Gasteiger partial charge on any atom is 0.0598 e. The highest BCUT2D eigenvalue weighted by Gasteiger charge is 2.23. The predicted molar refractivity (Wildman–Crippen MR) is 58.3 cm³/mol. The van der Waals surface area contributed by atoms with Gasteiger partial charge in [0.15, 0.2) is 0 Å². The third kappa shape index (κ3) is 4.43. The summed E-state index contributed by atoms with van der Waals surface area (Å²) in [4.78, 5) is 0. The third-order valence-corrected chi connectivity index (χ3v) is 2.89. The van der Waals surface area contributed by atoms with Gasteiger partial charge >= 0.3 is 0 Å². The van der Waals surface area contributed by atoms with E-state index in [9.17, 15) is 5.11 Å². The first-order valence-corrected chi connectivity index (χ1v) is 5.81. The Labute approximate surface area is 87.7 Å². The summed E-state index contributed by atoms with van der Waals surface area (Å²) in [7, 11) is 0. The first-order chi connectivity index (χ1) is 6.49. The molecule has 0 heterocycles. The zero-order valence-electron chi connectivity index (χ0n) is 9.75. The van der Waals surface area contributed by atoms with Crippen LogP contribution in [0, 0.1) is 5.92 Å². The van der Waals surface area contributed by atoms with Crippen molar-refractivity contribution in [1.29, 1.82) is 0 Å². The van der Waals surface area contributed by atoms with Gasteiger partial charge in [0.2, 0.25) is 0 Å². The van der Waals surface area contributed by atoms with Gasteiger partial charge in [0.1, 0.15) is 0 Å². The fraction of sp³-hybridized carbons (Fsp3) is 1.00. The van der Waals surface area contributed by atoms with Gasteiger partial charge < -0.3 is 9.84 Å². The molecule has 0 aromatic heterocycles. The lowest BCUT2D eigenvalue weighted by molar-refractivity contribution is -0.0246. The van der Waals surface area contributed by atoms with Crippen molar-refractivity contribution in [3.63, 3.8) is 0 Å². The molecule has 1 aliphatic carbocycles. The SMILES string of the molecule is CC(C)(C)OCCC1CCCCC1O. The van der Waals surface area contributed by atoms with Crippen molar-refractivity contribution in [2.45, 2.75) is 64.6 Å². The van der Waals surface area contributed by atoms with Crippen molar-refractivity contribution < 1.29 is 9.84 Å². The van der Waals surface area contributed by atoms with Gasteiger partial charge in [0.25, 0.3) is 0 Å². The van der Waals surface area contributed by atoms with Crippen LogP contribution in [-0.4, -0.2) is 23.4 Å². The maximum absolute atomic E-state index is 9.74. The highest BCUT2D eigenvalue weighted by Crippen LogP contribution is 2.27. The van der Waals surface area contributed by atoms with Crippen LogP contribution in [0.1, 0.15) is 52.9 Å². The van der Waals surface area contributed by atoms with E-state index in [4.69, 9.17) is 4.74 Å². The molecule has 2 atom stereocenters. The Bertz CT molecular complexity index is 160. The summed E-state index contributed by atoms with van der Waals surface area (Å²) in [5.74, 6) is 0.478. The lowest BCUT2D eigenvalue weighted by Crippen LogP contribution is -2.27. The molecule has 0 saturated heterocycles. The van der Waals surface area contributed by atoms with Gasteiger partial charge in [-0.05, 0) is 46.0 Å². The van der Waals surface area contributed by atoms with E-state index in [0.717, 1.165) is 19.4 Å². The van der Waals surface area contributed by atoms with Crippen molar-refractivity contribution in [3.8, 4) is 0 Å². The Kier molecular flexibility index (Phi) is 4.39. The van der Waals surface area contributed by atoms with Crippen LogP contribution in [0.15, 0.2) is 0 Å². The van der Waals surface area contributed by atoms with Crippen LogP contribution in [0.3, 0.4) is 0 Å². The fourth-order valence-corrected chi connectivity index (χ4v) is 2.04. The molecule has 1 rings (SSSR count). The number of ether oxygens (including phenoxy) is 1. The molecular formula is C12H24O2. The van der Waals surface area contributed by atoms with Gasteiger partial charge in [-0.3, -0.25) is 0 Å². The second-order valence-electron chi connectivity index (χ2n) is 5.36. The van der Waals surface area contributed by atoms with E-state index in [2.05, 4.69) is 20.8 Å². The number of rotatable bonds is 3. The molecule has 0 aromatic carbocycles. The predicted octanol–water partition coefficient (Wildman–Crippen LogP) is 2.74. The molecule has 0 spiro atoms. The molecule has 1 N–H and O–H groups in total. The largest absolute Gasteiger partial charge is 0.393 e. The Hall–Kier alpha value is -0.0800. The third-order valence-electron chi connectivity index (χ3n) is 2.89. The summed E-state index contributed by atoms with van der Waals surface area (Å²) >= 11 is 0. The quantitative estimate of drug-likeness (QED) is 0.759. The second-order valence-corrected chi connectivity index (χ2v) is 5.36. The van der Waals surface area contributed by atoms with Gasteiger partial charge in [-0.2, -0.15) is 0 Å². The van der Waals surface area contributed by atoms with Crippen LogP contribution in [0.5, 0.6) is 0 Å². The van der Waals surface area contributed by atoms with E-state index < -0.39 is 0 Å². The minimum atomic E-state index is -0.0766. The summed E-state index contributed by atoms with van der Waals surface area (Å²) in [6, 6.07) is 0. The number of aliphatic hydroxyl groups is 1. The number of hydrogen-bond donors (Lipinski definition) is 1. The van der Waals surface area contributed by atoms with Gasteiger partial charge in [-0.25, -0.2) is 0 Å². The topological polar surface area (TPSA) is 29.5 Å². The van der Waals surface area contributed by atoms with Gasteiger partial charge in [-0.1, -0.05) is 12.8 Å². The maximum atomic E-state index is 9.74. The van der Waals surface area contributed by atoms with Crippen molar-refractivity contribution in [3.05, 3.63) is 0 Å². The first-order valence-electron chi connectivity index (χ1n) is 5.81. The lowest BCUT2D eigenvalue weighted by Gasteiger charge is -2.28. The highest BCUT2D eigenvalue weighted by molar-refractivity contribution is 4.74. The molecule has 14 heavy (non-hydrogen) atoms. The monoisotopic (exact) mass is 200 g/mol. The van der Waals surface area contributed by atoms with Crippen molar-refractivity contribution >= 4 is 0 Å². The Balaban J connectivity index is 2.17. The average molecular weight is 200 g/mol. The minimum Gasteiger partial charge on any atom is -0.393 e. The van der Waals surface area contributed by atoms with Gasteiger partial charge in [0, 0.05) is 6.61 Å². The smallest absolute Gasteiger partial charge is 0.0598 e. The molecule has 0 radical (unpaired) electrons. The molecule has 1 aliphatic rings. The average Bonchev–Trinajstić information content (AvgIpc) is 2.06. The molecule has 84 valence electrons. The van der Waals surface area contributed by atoms with E-state index in [0.29, 0.717) is 5.92 Å². The van der Waals surface area contributed by atoms with Gasteiger partial charge in [-0.15, -0.1) is 0 Å². The summed E-state index contributed by atoms with van der Waals surface area (Å²) < 4.78 is 5.67. The van der Waals surface area contributed by atoms with E-state index in [-0.39, 0.29) is 11.7 Å². The molecule has 0 aliphatic heterocycles. The van der Waals surface area contributed by atoms with E-state index in [1.165, 1.54) is 19.3 Å². The standard InChI is InChI=1S/C12H24O2/c1-12(2,3)14-9-8-10-6-4-5-7-11(10)13/h10-11,13H,4-9H2,1-3H3. The van der Waals surface area contributed by atoms with Crippen LogP contribution in [0.4, 0.5) is 0 Å². The van der Waals surface area contributed by atoms with Crippen molar-refractivity contribution in [2.24, 2.45) is 5.92 Å². The molecule has 2 unspecified atom stereocenters. The lowest BCUT2D eigenvalue weighted by atomic mass is 9.84. The van der Waals surface area contributed by atoms with Gasteiger partial charge in [0.05, 0.1) is 11.7 Å². The number of aliphatic hydroxyl groups excluding tert-OH is 1. The van der Waals surface area contributed by atoms with Crippen LogP contribution in [-0.2, 0) is 4.74 Å². The normalized spacial score (nSPS) is 29.1. The van der Waals surface area contributed by atoms with Crippen LogP contribution < -0.4 is 0 Å². The molecule has 1 fully saturated rings. The van der Waals surface area contributed by atoms with Crippen molar-refractivity contribution in [2.75, 3.05) is 6.61 Å². The molecule has 0 bridgehead atoms. The molecule has 0 aromatic rings. The zero-order chi connectivity index (χ0) is 10.6. The molecular weight excluding hydrogens is 176 g/mol. The zero-order valence-corrected chi connectivity index (χ0v) is 9.75. The fourth-order valence-electron chi connectivity index (χ4n) is 2.04. The second kappa shape index (κ2) is 5.13. The minimum absolute atomic E-state index is 0.0420. The Morgan fingerprint density at radius 1 is 1.21 bits per heavy atom. The van der Waals surface area contributed by atoms with Crippen LogP contribution in [0.25, 0.3) is 0 Å². The summed E-state index contributed by atoms with van der Waals surface area (Å²) in [5, 5.41) is 9.74. The summed E-state index contributed by atoms with van der Waals surface area (Å²) in [6.45, 7) is 7.00. The van der Waals surface area contributed by atoms with Crippen molar-refractivity contribution in [1.82, 2.24) is 0 Å². The number of hydrogen-bond acceptors (Lipinski definition) is 2. The molecule has 0 amide bonds. The highest BCUT2D eigenvalue weighted by atomic mass is 16.5. The van der Waals surface area contributed by atoms with E-state index >= 15 is 0 Å². The molecule has 1 saturated carbocycles. The summed E-state index contributed by atoms with van der Waals surface area (Å²) in [6.07, 6.45) is 5.56. The molecule has 2 heteroatoms. The van der Waals surface area contributed by atoms with Crippen LogP contribution in [0.2, 0.25) is 0 Å². The Morgan fingerprint density at radius 2 is 1.86 bits per heavy atom. The van der Waals surface area contributed by atoms with E-state index in [1.54, 1.807) is 0 Å². The Morgan fingerprint density at radius 3 is 2.43 bits per heavy atom. The molecule has 2 nitrogen and oxygen atoms in total.